The van der Waals surface area contributed by atoms with E-state index in [2.05, 4.69) is 15.3 Å². The lowest BCUT2D eigenvalue weighted by Crippen LogP contribution is -2.20. The van der Waals surface area contributed by atoms with Crippen LogP contribution in [0.2, 0.25) is 0 Å². The van der Waals surface area contributed by atoms with Crippen LogP contribution in [-0.2, 0) is 7.05 Å². The zero-order chi connectivity index (χ0) is 14.8. The molecule has 7 heteroatoms. The molecular formula is C14H14N6O. The van der Waals surface area contributed by atoms with Crippen molar-refractivity contribution in [2.75, 3.05) is 0 Å². The zero-order valence-corrected chi connectivity index (χ0v) is 11.7. The molecule has 3 rings (SSSR count). The van der Waals surface area contributed by atoms with Crippen LogP contribution in [0.25, 0.3) is 5.69 Å². The number of hydrogen-bond acceptors (Lipinski definition) is 4. The summed E-state index contributed by atoms with van der Waals surface area (Å²) < 4.78 is 4.87. The van der Waals surface area contributed by atoms with Gasteiger partial charge in [0.05, 0.1) is 17.5 Å². The predicted octanol–water partition coefficient (Wildman–Crippen LogP) is 0.958. The lowest BCUT2D eigenvalue weighted by molar-refractivity contribution is 0.630. The van der Waals surface area contributed by atoms with Gasteiger partial charge in [0.25, 0.3) is 5.56 Å². The highest BCUT2D eigenvalue weighted by atomic mass is 16.1. The largest absolute Gasteiger partial charge is 0.285 e. The van der Waals surface area contributed by atoms with Gasteiger partial charge in [-0.1, -0.05) is 18.2 Å². The van der Waals surface area contributed by atoms with E-state index in [1.807, 2.05) is 49.0 Å². The van der Waals surface area contributed by atoms with E-state index < -0.39 is 0 Å². The van der Waals surface area contributed by atoms with Crippen LogP contribution in [0, 0.1) is 6.92 Å². The third-order valence-electron chi connectivity index (χ3n) is 3.33. The third kappa shape index (κ3) is 2.29. The minimum atomic E-state index is -0.113. The molecule has 2 heterocycles. The zero-order valence-electron chi connectivity index (χ0n) is 11.7. The molecule has 0 unspecified atom stereocenters. The third-order valence-corrected chi connectivity index (χ3v) is 3.33. The van der Waals surface area contributed by atoms with Crippen LogP contribution in [0.1, 0.15) is 11.3 Å². The summed E-state index contributed by atoms with van der Waals surface area (Å²) in [5.41, 5.74) is 2.07. The van der Waals surface area contributed by atoms with Crippen molar-refractivity contribution < 1.29 is 0 Å². The van der Waals surface area contributed by atoms with Gasteiger partial charge in [0.2, 0.25) is 0 Å². The highest BCUT2D eigenvalue weighted by molar-refractivity contribution is 5.80. The monoisotopic (exact) mass is 282 g/mol. The lowest BCUT2D eigenvalue weighted by Gasteiger charge is -2.07. The number of rotatable bonds is 3. The fraction of sp³-hybridized carbons (Fsp3) is 0.143. The Balaban J connectivity index is 2.10. The van der Waals surface area contributed by atoms with Gasteiger partial charge in [0, 0.05) is 12.7 Å². The summed E-state index contributed by atoms with van der Waals surface area (Å²) in [4.78, 5) is 12.6. The Morgan fingerprint density at radius 3 is 2.48 bits per heavy atom. The average molecular weight is 282 g/mol. The van der Waals surface area contributed by atoms with E-state index in [0.717, 1.165) is 11.4 Å². The highest BCUT2D eigenvalue weighted by Gasteiger charge is 2.14. The molecule has 0 amide bonds. The van der Waals surface area contributed by atoms with Crippen molar-refractivity contribution in [3.8, 4) is 5.69 Å². The topological polar surface area (TPSA) is 70.0 Å². The van der Waals surface area contributed by atoms with Gasteiger partial charge in [-0.2, -0.15) is 5.10 Å². The normalized spacial score (nSPS) is 11.3. The Labute approximate surface area is 120 Å². The molecule has 21 heavy (non-hydrogen) atoms. The van der Waals surface area contributed by atoms with Crippen LogP contribution < -0.4 is 5.56 Å². The second-order valence-electron chi connectivity index (χ2n) is 4.56. The smallest absolute Gasteiger partial charge is 0.280 e. The van der Waals surface area contributed by atoms with E-state index in [1.165, 1.54) is 23.5 Å². The van der Waals surface area contributed by atoms with Crippen molar-refractivity contribution in [1.29, 1.82) is 0 Å². The van der Waals surface area contributed by atoms with Crippen LogP contribution >= 0.6 is 0 Å². The number of benzene rings is 1. The van der Waals surface area contributed by atoms with Gasteiger partial charge < -0.3 is 0 Å². The molecule has 3 aromatic rings. The van der Waals surface area contributed by atoms with E-state index in [-0.39, 0.29) is 5.56 Å². The fourth-order valence-corrected chi connectivity index (χ4v) is 2.12. The van der Waals surface area contributed by atoms with Crippen molar-refractivity contribution in [3.05, 3.63) is 64.6 Å². The van der Waals surface area contributed by atoms with E-state index in [4.69, 9.17) is 0 Å². The van der Waals surface area contributed by atoms with Crippen LogP contribution in [0.3, 0.4) is 0 Å². The van der Waals surface area contributed by atoms with Gasteiger partial charge in [0.15, 0.2) is 0 Å². The van der Waals surface area contributed by atoms with Crippen molar-refractivity contribution in [3.63, 3.8) is 0 Å². The Bertz CT molecular complexity index is 826. The molecule has 2 aromatic heterocycles. The number of para-hydroxylation sites is 1. The maximum atomic E-state index is 12.6. The molecule has 0 fully saturated rings. The number of nitrogens with zero attached hydrogens (tertiary/aromatic N) is 6. The van der Waals surface area contributed by atoms with Crippen LogP contribution in [0.15, 0.2) is 52.9 Å². The molecule has 0 aliphatic heterocycles. The molecule has 0 aliphatic rings. The van der Waals surface area contributed by atoms with Crippen LogP contribution in [-0.4, -0.2) is 30.5 Å². The first-order valence-electron chi connectivity index (χ1n) is 6.41. The maximum absolute atomic E-state index is 12.6. The van der Waals surface area contributed by atoms with Gasteiger partial charge in [-0.05, 0) is 19.1 Å². The summed E-state index contributed by atoms with van der Waals surface area (Å²) in [5.74, 6) is 0. The first-order chi connectivity index (χ1) is 10.2. The second-order valence-corrected chi connectivity index (χ2v) is 4.56. The summed E-state index contributed by atoms with van der Waals surface area (Å²) in [6, 6.07) is 9.49. The molecule has 0 atom stereocenters. The van der Waals surface area contributed by atoms with Gasteiger partial charge in [-0.25, -0.2) is 9.36 Å². The molecule has 0 radical (unpaired) electrons. The van der Waals surface area contributed by atoms with Crippen molar-refractivity contribution in [2.45, 2.75) is 6.92 Å². The minimum Gasteiger partial charge on any atom is -0.285 e. The standard InChI is InChI=1S/C14H14N6O/c1-11-13(8-17-19-9-15-16-10-19)14(21)20(18(11)2)12-6-4-3-5-7-12/h3-10H,1-2H3/b17-8-. The molecule has 0 spiro atoms. The Hall–Kier alpha value is -2.96. The Kier molecular flexibility index (Phi) is 3.23. The van der Waals surface area contributed by atoms with Gasteiger partial charge in [0.1, 0.15) is 12.7 Å². The number of aromatic nitrogens is 5. The van der Waals surface area contributed by atoms with Crippen molar-refractivity contribution >= 4 is 6.21 Å². The van der Waals surface area contributed by atoms with E-state index >= 15 is 0 Å². The first kappa shape index (κ1) is 13.0. The molecule has 0 N–H and O–H groups in total. The maximum Gasteiger partial charge on any atom is 0.280 e. The van der Waals surface area contributed by atoms with E-state index in [1.54, 1.807) is 4.68 Å². The van der Waals surface area contributed by atoms with Gasteiger partial charge in [-0.15, -0.1) is 10.2 Å². The molecular weight excluding hydrogens is 268 g/mol. The van der Waals surface area contributed by atoms with Crippen molar-refractivity contribution in [1.82, 2.24) is 24.2 Å². The van der Waals surface area contributed by atoms with Crippen LogP contribution in [0.5, 0.6) is 0 Å². The SMILES string of the molecule is Cc1c(/C=N\n2cnnc2)c(=O)n(-c2ccccc2)n1C. The van der Waals surface area contributed by atoms with Crippen molar-refractivity contribution in [2.24, 2.45) is 12.1 Å². The highest BCUT2D eigenvalue weighted by Crippen LogP contribution is 2.08. The lowest BCUT2D eigenvalue weighted by atomic mass is 10.3. The summed E-state index contributed by atoms with van der Waals surface area (Å²) in [6.07, 6.45) is 4.45. The van der Waals surface area contributed by atoms with E-state index in [0.29, 0.717) is 5.56 Å². The second kappa shape index (κ2) is 5.20. The van der Waals surface area contributed by atoms with Gasteiger partial charge in [-0.3, -0.25) is 9.48 Å². The van der Waals surface area contributed by atoms with Crippen LogP contribution in [0.4, 0.5) is 0 Å². The fourth-order valence-electron chi connectivity index (χ4n) is 2.12. The molecule has 0 aliphatic carbocycles. The minimum absolute atomic E-state index is 0.113. The predicted molar refractivity (Wildman–Crippen MR) is 78.8 cm³/mol. The molecule has 1 aromatic carbocycles. The molecule has 106 valence electrons. The molecule has 0 saturated carbocycles. The first-order valence-corrected chi connectivity index (χ1v) is 6.41. The average Bonchev–Trinajstić information content (AvgIpc) is 3.08. The Morgan fingerprint density at radius 1 is 1.14 bits per heavy atom. The van der Waals surface area contributed by atoms with E-state index in [9.17, 15) is 4.79 Å². The molecule has 0 saturated heterocycles. The summed E-state index contributed by atoms with van der Waals surface area (Å²) >= 11 is 0. The quantitative estimate of drug-likeness (QED) is 0.672. The summed E-state index contributed by atoms with van der Waals surface area (Å²) in [7, 11) is 1.85. The number of hydrogen-bond donors (Lipinski definition) is 0. The molecule has 0 bridgehead atoms. The Morgan fingerprint density at radius 2 is 1.81 bits per heavy atom. The summed E-state index contributed by atoms with van der Waals surface area (Å²) in [5, 5.41) is 11.5. The van der Waals surface area contributed by atoms with Gasteiger partial charge >= 0.3 is 0 Å². The summed E-state index contributed by atoms with van der Waals surface area (Å²) in [6.45, 7) is 1.88. The molecule has 7 nitrogen and oxygen atoms in total.